The molecule has 4 heterocycles. The molecule has 0 amide bonds. The second-order valence-corrected chi connectivity index (χ2v) is 8.43. The number of pyridine rings is 1. The molecular weight excluding hydrogens is 404 g/mol. The summed E-state index contributed by atoms with van der Waals surface area (Å²) < 4.78 is 7.75. The molecule has 0 aliphatic carbocycles. The number of hydrogen-bond acceptors (Lipinski definition) is 5. The van der Waals surface area contributed by atoms with Crippen molar-refractivity contribution in [3.63, 3.8) is 0 Å². The fraction of sp³-hybridized carbons (Fsp3) is 0.429. The lowest BCUT2D eigenvalue weighted by Crippen LogP contribution is -2.59. The predicted octanol–water partition coefficient (Wildman–Crippen LogP) is 4.20. The number of rotatable bonds is 2. The molecule has 0 bridgehead atoms. The van der Waals surface area contributed by atoms with Crippen molar-refractivity contribution in [2.24, 2.45) is 5.10 Å². The lowest BCUT2D eigenvalue weighted by molar-refractivity contribution is -0.149. The van der Waals surface area contributed by atoms with Crippen molar-refractivity contribution in [3.8, 4) is 5.75 Å². The number of fused-ring (bicyclic) bond motifs is 4. The Labute approximate surface area is 168 Å². The Balaban J connectivity index is 1.57. The van der Waals surface area contributed by atoms with E-state index in [-0.39, 0.29) is 11.8 Å². The molecule has 0 saturated carbocycles. The first kappa shape index (κ1) is 17.2. The zero-order valence-corrected chi connectivity index (χ0v) is 17.0. The molecule has 1 aromatic heterocycles. The first-order valence-electron chi connectivity index (χ1n) is 9.66. The van der Waals surface area contributed by atoms with E-state index in [1.54, 1.807) is 0 Å². The third-order valence-electron chi connectivity index (χ3n) is 6.06. The maximum atomic E-state index is 6.67. The van der Waals surface area contributed by atoms with Gasteiger partial charge in [-0.1, -0.05) is 22.9 Å². The van der Waals surface area contributed by atoms with Gasteiger partial charge in [0.05, 0.1) is 11.8 Å². The van der Waals surface area contributed by atoms with Gasteiger partial charge in [-0.05, 0) is 36.9 Å². The van der Waals surface area contributed by atoms with Crippen LogP contribution in [0.3, 0.4) is 0 Å². The molecule has 0 unspecified atom stereocenters. The molecule has 3 aliphatic rings. The van der Waals surface area contributed by atoms with Crippen LogP contribution in [-0.2, 0) is 0 Å². The molecular formula is C21H23BrN4O. The number of hydrazone groups is 1. The topological polar surface area (TPSA) is 41.0 Å². The summed E-state index contributed by atoms with van der Waals surface area (Å²) in [5.41, 5.74) is 3.15. The van der Waals surface area contributed by atoms with Crippen LogP contribution in [0.5, 0.6) is 5.75 Å². The molecule has 27 heavy (non-hydrogen) atoms. The fourth-order valence-corrected chi connectivity index (χ4v) is 4.90. The summed E-state index contributed by atoms with van der Waals surface area (Å²) in [6, 6.07) is 10.7. The number of ether oxygens (including phenoxy) is 1. The Kier molecular flexibility index (Phi) is 4.20. The molecule has 5 rings (SSSR count). The molecule has 1 aromatic carbocycles. The van der Waals surface area contributed by atoms with Gasteiger partial charge in [-0.25, -0.2) is 5.01 Å². The molecule has 0 radical (unpaired) electrons. The molecule has 6 heteroatoms. The first-order valence-corrected chi connectivity index (χ1v) is 10.5. The van der Waals surface area contributed by atoms with Gasteiger partial charge in [0.1, 0.15) is 5.75 Å². The first-order chi connectivity index (χ1) is 13.2. The molecule has 0 N–H and O–H groups in total. The maximum absolute atomic E-state index is 6.67. The minimum absolute atomic E-state index is 0.225. The molecule has 1 saturated heterocycles. The largest absolute Gasteiger partial charge is 0.466 e. The smallest absolute Gasteiger partial charge is 0.200 e. The van der Waals surface area contributed by atoms with E-state index in [0.29, 0.717) is 0 Å². The predicted molar refractivity (Wildman–Crippen MR) is 109 cm³/mol. The highest BCUT2D eigenvalue weighted by Gasteiger charge is 2.51. The summed E-state index contributed by atoms with van der Waals surface area (Å²) in [5, 5.41) is 7.37. The Morgan fingerprint density at radius 2 is 1.96 bits per heavy atom. The van der Waals surface area contributed by atoms with Crippen molar-refractivity contribution in [1.82, 2.24) is 14.9 Å². The van der Waals surface area contributed by atoms with Gasteiger partial charge in [-0.3, -0.25) is 4.98 Å². The molecule has 3 aliphatic heterocycles. The highest BCUT2D eigenvalue weighted by Crippen LogP contribution is 2.50. The van der Waals surface area contributed by atoms with Gasteiger partial charge in [0.15, 0.2) is 0 Å². The summed E-state index contributed by atoms with van der Waals surface area (Å²) >= 11 is 3.63. The summed E-state index contributed by atoms with van der Waals surface area (Å²) in [6.07, 6.45) is 6.52. The van der Waals surface area contributed by atoms with Crippen LogP contribution in [0.1, 0.15) is 43.4 Å². The number of benzene rings is 1. The minimum atomic E-state index is -0.341. The second kappa shape index (κ2) is 6.60. The van der Waals surface area contributed by atoms with Crippen LogP contribution in [-0.4, -0.2) is 46.0 Å². The van der Waals surface area contributed by atoms with Crippen molar-refractivity contribution in [2.45, 2.75) is 38.0 Å². The van der Waals surface area contributed by atoms with Crippen LogP contribution >= 0.6 is 15.9 Å². The normalized spacial score (nSPS) is 23.6. The zero-order chi connectivity index (χ0) is 18.4. The van der Waals surface area contributed by atoms with Crippen LogP contribution < -0.4 is 4.74 Å². The number of likely N-dealkylation sites (tertiary alicyclic amines) is 1. The van der Waals surface area contributed by atoms with Gasteiger partial charge < -0.3 is 9.64 Å². The quantitative estimate of drug-likeness (QED) is 0.721. The third-order valence-corrected chi connectivity index (χ3v) is 6.55. The number of aromatic nitrogens is 1. The van der Waals surface area contributed by atoms with Crippen LogP contribution in [0.25, 0.3) is 0 Å². The lowest BCUT2D eigenvalue weighted by Gasteiger charge is -2.51. The fourth-order valence-electron chi connectivity index (χ4n) is 4.52. The highest BCUT2D eigenvalue weighted by atomic mass is 79.9. The van der Waals surface area contributed by atoms with Crippen LogP contribution in [0, 0.1) is 0 Å². The van der Waals surface area contributed by atoms with Crippen LogP contribution in [0.2, 0.25) is 0 Å². The number of halogens is 1. The van der Waals surface area contributed by atoms with E-state index < -0.39 is 0 Å². The van der Waals surface area contributed by atoms with Crippen molar-refractivity contribution in [3.05, 3.63) is 58.3 Å². The van der Waals surface area contributed by atoms with Gasteiger partial charge in [-0.2, -0.15) is 5.10 Å². The van der Waals surface area contributed by atoms with Gasteiger partial charge in [0.2, 0.25) is 5.72 Å². The summed E-state index contributed by atoms with van der Waals surface area (Å²) in [7, 11) is 0. The van der Waals surface area contributed by atoms with E-state index >= 15 is 0 Å². The minimum Gasteiger partial charge on any atom is -0.466 e. The van der Waals surface area contributed by atoms with E-state index in [1.807, 2.05) is 24.5 Å². The molecule has 140 valence electrons. The van der Waals surface area contributed by atoms with Gasteiger partial charge in [-0.15, -0.1) is 0 Å². The van der Waals surface area contributed by atoms with Crippen molar-refractivity contribution in [2.75, 3.05) is 19.6 Å². The Morgan fingerprint density at radius 3 is 2.70 bits per heavy atom. The Bertz CT molecular complexity index is 877. The summed E-state index contributed by atoms with van der Waals surface area (Å²) in [4.78, 5) is 6.64. The van der Waals surface area contributed by atoms with E-state index in [1.165, 1.54) is 5.56 Å². The summed E-state index contributed by atoms with van der Waals surface area (Å²) in [6.45, 7) is 5.41. The summed E-state index contributed by atoms with van der Waals surface area (Å²) in [5.74, 6) is 1.01. The number of hydrogen-bond donors (Lipinski definition) is 0. The van der Waals surface area contributed by atoms with E-state index in [2.05, 4.69) is 55.9 Å². The Morgan fingerprint density at radius 1 is 1.19 bits per heavy atom. The molecule has 1 atom stereocenters. The average Bonchev–Trinajstić information content (AvgIpc) is 3.17. The lowest BCUT2D eigenvalue weighted by atomic mass is 9.91. The zero-order valence-electron chi connectivity index (χ0n) is 15.4. The molecule has 1 spiro atoms. The van der Waals surface area contributed by atoms with Gasteiger partial charge in [0.25, 0.3) is 0 Å². The second-order valence-electron chi connectivity index (χ2n) is 7.51. The molecule has 1 fully saturated rings. The van der Waals surface area contributed by atoms with Crippen LogP contribution in [0.4, 0.5) is 0 Å². The van der Waals surface area contributed by atoms with Crippen molar-refractivity contribution >= 4 is 21.6 Å². The van der Waals surface area contributed by atoms with Gasteiger partial charge in [0, 0.05) is 60.3 Å². The SMILES string of the molecule is CCN1CCC2(CC1)Oc1ccc(Br)cc1[C@H]1CC(c3ccncc3)=NN12. The number of nitrogens with zero attached hydrogens (tertiary/aromatic N) is 4. The molecule has 2 aromatic rings. The van der Waals surface area contributed by atoms with E-state index in [9.17, 15) is 0 Å². The van der Waals surface area contributed by atoms with Gasteiger partial charge >= 0.3 is 0 Å². The van der Waals surface area contributed by atoms with Crippen LogP contribution in [0.15, 0.2) is 52.3 Å². The highest BCUT2D eigenvalue weighted by molar-refractivity contribution is 9.10. The van der Waals surface area contributed by atoms with E-state index in [4.69, 9.17) is 9.84 Å². The number of piperidine rings is 1. The monoisotopic (exact) mass is 426 g/mol. The Hall–Kier alpha value is -1.92. The molecule has 5 nitrogen and oxygen atoms in total. The standard InChI is InChI=1S/C21H23BrN4O/c1-2-25-11-7-21(8-12-25)26-19(17-13-16(22)3-4-20(17)27-21)14-18(24-26)15-5-9-23-10-6-15/h3-6,9-10,13,19H,2,7-8,11-12,14H2,1H3/t19-/m1/s1. The van der Waals surface area contributed by atoms with E-state index in [0.717, 1.165) is 60.4 Å². The average molecular weight is 427 g/mol. The van der Waals surface area contributed by atoms with Crippen molar-refractivity contribution in [1.29, 1.82) is 0 Å². The van der Waals surface area contributed by atoms with Crippen molar-refractivity contribution < 1.29 is 4.74 Å². The third kappa shape index (κ3) is 2.86. The maximum Gasteiger partial charge on any atom is 0.200 e.